The van der Waals surface area contributed by atoms with Crippen LogP contribution >= 0.6 is 0 Å². The second kappa shape index (κ2) is 14.8. The molecule has 0 amide bonds. The number of para-hydroxylation sites is 3. The van der Waals surface area contributed by atoms with Gasteiger partial charge in [0, 0.05) is 42.0 Å². The molecule has 5 aromatic carbocycles. The summed E-state index contributed by atoms with van der Waals surface area (Å²) in [5.74, 6) is 5.94. The van der Waals surface area contributed by atoms with Crippen LogP contribution in [0.15, 0.2) is 118 Å². The number of pyridine rings is 2. The Morgan fingerprint density at radius 1 is 0.737 bits per heavy atom. The number of aromatic nitrogens is 4. The maximum atomic E-state index is 14.7. The number of fused-ring (bicyclic) bond motifs is 7. The minimum atomic E-state index is -2.61. The van der Waals surface area contributed by atoms with Crippen LogP contribution in [-0.4, -0.2) is 32.8 Å². The number of furan rings is 2. The molecule has 0 spiro atoms. The van der Waals surface area contributed by atoms with E-state index < -0.39 is 38.4 Å². The van der Waals surface area contributed by atoms with E-state index in [1.165, 1.54) is 23.9 Å². The minimum Gasteiger partial charge on any atom is 0 e. The second-order valence-electron chi connectivity index (χ2n) is 14.9. The molecule has 0 saturated carbocycles. The first-order valence-electron chi connectivity index (χ1n) is 21.2. The fourth-order valence-corrected chi connectivity index (χ4v) is 10.1. The number of benzene rings is 5. The van der Waals surface area contributed by atoms with Crippen LogP contribution in [0.25, 0.3) is 83.4 Å². The van der Waals surface area contributed by atoms with Gasteiger partial charge >= 0.3 is 125 Å². The van der Waals surface area contributed by atoms with Crippen LogP contribution in [0.4, 0.5) is 4.39 Å². The Balaban J connectivity index is 0.000000185. The summed E-state index contributed by atoms with van der Waals surface area (Å²) in [5, 5.41) is 4.19. The molecule has 0 N–H and O–H groups in total. The summed E-state index contributed by atoms with van der Waals surface area (Å²) in [5.41, 5.74) is 8.37. The predicted octanol–water partition coefficient (Wildman–Crippen LogP) is 12.2. The number of imidazole rings is 1. The molecule has 0 saturated heterocycles. The molecule has 5 heterocycles. The van der Waals surface area contributed by atoms with E-state index in [1.54, 1.807) is 0 Å². The van der Waals surface area contributed by atoms with Crippen molar-refractivity contribution in [2.45, 2.75) is 44.8 Å². The van der Waals surface area contributed by atoms with E-state index in [0.717, 1.165) is 82.6 Å². The number of rotatable bonds is 4. The fourth-order valence-electron chi connectivity index (χ4n) is 7.33. The molecule has 9 heteroatoms. The summed E-state index contributed by atoms with van der Waals surface area (Å²) in [7, 11) is 0. The standard InChI is InChI=1S/C32H20N3O2.C16H19FGeN.Ir/c1-18-14-17-26(30-28(18)22-8-3-6-13-27(22)36-30)35-25-12-5-4-11-24(25)34-31(35)23-10-7-9-20-21-16-15-19(2)33-32(21)37-29(20)23;1-11-7-6-8-13(16(11)17)15-9-12(2)14(10-19-15)18(3,4)5;/h3-9,11-17H,1-2H3;6-7,9-10H,1-5H3;/q2*-1;/i;1D3,2D3;. The molecule has 0 fully saturated rings. The van der Waals surface area contributed by atoms with Gasteiger partial charge in [-0.1, -0.05) is 47.3 Å². The molecule has 57 heavy (non-hydrogen) atoms. The van der Waals surface area contributed by atoms with E-state index in [-0.39, 0.29) is 36.9 Å². The van der Waals surface area contributed by atoms with Crippen molar-refractivity contribution < 1.29 is 41.6 Å². The van der Waals surface area contributed by atoms with Gasteiger partial charge < -0.3 is 13.4 Å². The van der Waals surface area contributed by atoms with E-state index in [2.05, 4.69) is 70.0 Å². The molecule has 0 bridgehead atoms. The van der Waals surface area contributed by atoms with E-state index in [0.29, 0.717) is 5.71 Å². The van der Waals surface area contributed by atoms with Crippen LogP contribution < -0.4 is 4.40 Å². The average molecular weight is 994 g/mol. The van der Waals surface area contributed by atoms with E-state index in [1.807, 2.05) is 72.7 Å². The maximum Gasteiger partial charge on any atom is 0 e. The normalized spacial score (nSPS) is 13.7. The van der Waals surface area contributed by atoms with Crippen molar-refractivity contribution in [3.63, 3.8) is 0 Å². The summed E-state index contributed by atoms with van der Waals surface area (Å²) in [6, 6.07) is 38.5. The number of hydrogen-bond acceptors (Lipinski definition) is 5. The van der Waals surface area contributed by atoms with Gasteiger partial charge in [-0.05, 0) is 55.8 Å². The van der Waals surface area contributed by atoms with E-state index in [4.69, 9.17) is 22.0 Å². The Hall–Kier alpha value is -5.41. The molecule has 10 aromatic rings. The molecule has 0 atom stereocenters. The van der Waals surface area contributed by atoms with Gasteiger partial charge in [0.05, 0.1) is 28.1 Å². The van der Waals surface area contributed by atoms with Gasteiger partial charge in [-0.25, -0.2) is 4.98 Å². The van der Waals surface area contributed by atoms with E-state index >= 15 is 0 Å². The number of nitrogens with zero attached hydrogens (tertiary/aromatic N) is 4. The largest absolute Gasteiger partial charge is 0 e. The van der Waals surface area contributed by atoms with Crippen molar-refractivity contribution in [1.82, 2.24) is 19.5 Å². The van der Waals surface area contributed by atoms with Crippen LogP contribution in [0.1, 0.15) is 30.6 Å². The summed E-state index contributed by atoms with van der Waals surface area (Å²) in [6.07, 6.45) is 1.49. The molecule has 0 unspecified atom stereocenters. The summed E-state index contributed by atoms with van der Waals surface area (Å²) in [6.45, 7) is -0.876. The van der Waals surface area contributed by atoms with Crippen molar-refractivity contribution in [3.05, 3.63) is 150 Å². The summed E-state index contributed by atoms with van der Waals surface area (Å²) < 4.78 is 76.0. The van der Waals surface area contributed by atoms with Crippen molar-refractivity contribution >= 4 is 72.7 Å². The zero-order valence-corrected chi connectivity index (χ0v) is 36.2. The van der Waals surface area contributed by atoms with Gasteiger partial charge in [0.1, 0.15) is 5.58 Å². The van der Waals surface area contributed by atoms with Gasteiger partial charge in [-0.2, -0.15) is 0 Å². The molecule has 285 valence electrons. The summed E-state index contributed by atoms with van der Waals surface area (Å²) >= 11 is -2.52. The molecular formula is C48H39FGeIrN4O2-2. The molecule has 6 nitrogen and oxygen atoms in total. The van der Waals surface area contributed by atoms with Crippen molar-refractivity contribution in [2.24, 2.45) is 0 Å². The second-order valence-corrected chi connectivity index (χ2v) is 25.5. The average Bonchev–Trinajstić information content (AvgIpc) is 3.92. The molecule has 5 aromatic heterocycles. The van der Waals surface area contributed by atoms with Crippen molar-refractivity contribution in [2.75, 3.05) is 0 Å². The number of aryl methyl sites for hydroxylation is 4. The Kier molecular flexibility index (Phi) is 8.24. The monoisotopic (exact) mass is 995 g/mol. The Morgan fingerprint density at radius 3 is 2.33 bits per heavy atom. The molecule has 10 rings (SSSR count). The SMILES string of the molecule is Cc1ccc2c(n1)oc1c(-c3nc4ccccc4n3-c3ccc(C)c4c3oc3ccccc34)[c-]ccc12.[2H]C([2H])([2H])c1cc(-c2[c-]ccc(C([2H])([2H])[2H])c2F)nc[c]1[Ge]([CH3])([CH3])[CH3].[Ir]. The first kappa shape index (κ1) is 31.7. The van der Waals surface area contributed by atoms with Crippen LogP contribution in [0, 0.1) is 45.5 Å². The van der Waals surface area contributed by atoms with Gasteiger partial charge in [0.15, 0.2) is 5.58 Å². The van der Waals surface area contributed by atoms with Crippen LogP contribution in [0.5, 0.6) is 0 Å². The first-order valence-corrected chi connectivity index (χ1v) is 25.6. The predicted molar refractivity (Wildman–Crippen MR) is 228 cm³/mol. The van der Waals surface area contributed by atoms with E-state index in [9.17, 15) is 4.39 Å². The third-order valence-corrected chi connectivity index (χ3v) is 14.3. The Morgan fingerprint density at radius 2 is 1.51 bits per heavy atom. The minimum absolute atomic E-state index is 0. The maximum absolute atomic E-state index is 14.7. The topological polar surface area (TPSA) is 69.9 Å². The molecule has 1 radical (unpaired) electrons. The van der Waals surface area contributed by atoms with Crippen LogP contribution in [0.2, 0.25) is 17.3 Å². The zero-order valence-electron chi connectivity index (χ0n) is 37.7. The Bertz CT molecular complexity index is 3390. The first-order chi connectivity index (χ1) is 29.4. The van der Waals surface area contributed by atoms with Crippen LogP contribution in [0.3, 0.4) is 0 Å². The van der Waals surface area contributed by atoms with Crippen molar-refractivity contribution in [3.8, 4) is 28.3 Å². The molecule has 0 aliphatic rings. The third kappa shape index (κ3) is 6.69. The van der Waals surface area contributed by atoms with Gasteiger partial charge in [-0.3, -0.25) is 4.98 Å². The van der Waals surface area contributed by atoms with Gasteiger partial charge in [0.25, 0.3) is 0 Å². The quantitative estimate of drug-likeness (QED) is 0.130. The zero-order chi connectivity index (χ0) is 43.9. The van der Waals surface area contributed by atoms with Crippen LogP contribution in [-0.2, 0) is 20.1 Å². The van der Waals surface area contributed by atoms with Crippen molar-refractivity contribution in [1.29, 1.82) is 0 Å². The summed E-state index contributed by atoms with van der Waals surface area (Å²) in [4.78, 5) is 13.9. The third-order valence-electron chi connectivity index (χ3n) is 10.1. The molecular weight excluding hydrogens is 948 g/mol. The Labute approximate surface area is 354 Å². The fraction of sp³-hybridized carbons (Fsp3) is 0.146. The smallest absolute Gasteiger partial charge is 0 e. The van der Waals surface area contributed by atoms with Gasteiger partial charge in [0.2, 0.25) is 5.71 Å². The van der Waals surface area contributed by atoms with Gasteiger partial charge in [-0.15, -0.1) is 18.2 Å². The molecule has 0 aliphatic heterocycles. The number of halogens is 1. The number of hydrogen-bond donors (Lipinski definition) is 0. The molecule has 0 aliphatic carbocycles.